The number of carbonyl (C=O) groups is 1. The maximum absolute atomic E-state index is 12.1. The Kier molecular flexibility index (Phi) is 4.30. The molecular formula is C18H19BrN4O3. The lowest BCUT2D eigenvalue weighted by Gasteiger charge is -2.41. The highest BCUT2D eigenvalue weighted by molar-refractivity contribution is 9.10. The number of hydrogen-bond donors (Lipinski definition) is 0. The lowest BCUT2D eigenvalue weighted by Crippen LogP contribution is -2.49. The van der Waals surface area contributed by atoms with E-state index in [0.29, 0.717) is 10.4 Å². The van der Waals surface area contributed by atoms with Gasteiger partial charge < -0.3 is 14.4 Å². The Morgan fingerprint density at radius 2 is 2.15 bits per heavy atom. The molecule has 7 nitrogen and oxygen atoms in total. The first-order valence-electron chi connectivity index (χ1n) is 8.54. The number of aromatic nitrogens is 3. The van der Waals surface area contributed by atoms with E-state index in [2.05, 4.69) is 48.8 Å². The third kappa shape index (κ3) is 2.72. The maximum Gasteiger partial charge on any atom is 0.360 e. The standard InChI is InChI=1S/C18H19BrN4O3/c1-11-12-4-3-7-20-16(12)26-18(11)5-8-23(9-6-18)15-14(17(24)25-2)22-13(19)10-21-15/h3-4,7,10-11H,5-6,8-9H2,1-2H3/t11-/m1/s1. The first-order valence-corrected chi connectivity index (χ1v) is 9.33. The third-order valence-electron chi connectivity index (χ3n) is 5.37. The zero-order valence-corrected chi connectivity index (χ0v) is 16.2. The van der Waals surface area contributed by atoms with Crippen molar-refractivity contribution in [2.45, 2.75) is 31.3 Å². The summed E-state index contributed by atoms with van der Waals surface area (Å²) in [5.74, 6) is 1.09. The van der Waals surface area contributed by atoms with Crippen LogP contribution >= 0.6 is 15.9 Å². The summed E-state index contributed by atoms with van der Waals surface area (Å²) in [5.41, 5.74) is 1.14. The fraction of sp³-hybridized carbons (Fsp3) is 0.444. The Bertz CT molecular complexity index is 852. The van der Waals surface area contributed by atoms with E-state index in [4.69, 9.17) is 9.47 Å². The molecule has 0 unspecified atom stereocenters. The number of anilines is 1. The van der Waals surface area contributed by atoms with Crippen molar-refractivity contribution in [2.75, 3.05) is 25.1 Å². The van der Waals surface area contributed by atoms with Gasteiger partial charge in [0.25, 0.3) is 0 Å². The molecule has 0 saturated carbocycles. The zero-order valence-electron chi connectivity index (χ0n) is 14.6. The van der Waals surface area contributed by atoms with Crippen LogP contribution in [0.2, 0.25) is 0 Å². The number of rotatable bonds is 2. The first-order chi connectivity index (χ1) is 12.5. The van der Waals surface area contributed by atoms with Crippen LogP contribution < -0.4 is 9.64 Å². The molecule has 26 heavy (non-hydrogen) atoms. The number of fused-ring (bicyclic) bond motifs is 1. The number of halogens is 1. The van der Waals surface area contributed by atoms with Crippen molar-refractivity contribution in [3.63, 3.8) is 0 Å². The van der Waals surface area contributed by atoms with Gasteiger partial charge >= 0.3 is 5.97 Å². The number of piperidine rings is 1. The smallest absolute Gasteiger partial charge is 0.360 e. The number of esters is 1. The van der Waals surface area contributed by atoms with Gasteiger partial charge in [0.2, 0.25) is 5.88 Å². The summed E-state index contributed by atoms with van der Waals surface area (Å²) in [6.45, 7) is 3.64. The maximum atomic E-state index is 12.1. The Labute approximate surface area is 159 Å². The molecule has 0 aliphatic carbocycles. The number of methoxy groups -OCH3 is 1. The molecule has 2 aromatic rings. The van der Waals surface area contributed by atoms with Crippen molar-refractivity contribution in [3.05, 3.63) is 40.4 Å². The van der Waals surface area contributed by atoms with Gasteiger partial charge in [-0.05, 0) is 22.0 Å². The van der Waals surface area contributed by atoms with Crippen LogP contribution in [-0.4, -0.2) is 46.7 Å². The van der Waals surface area contributed by atoms with Gasteiger partial charge in [0, 0.05) is 43.6 Å². The third-order valence-corrected chi connectivity index (χ3v) is 5.75. The Morgan fingerprint density at radius 3 is 2.85 bits per heavy atom. The molecule has 0 radical (unpaired) electrons. The lowest BCUT2D eigenvalue weighted by molar-refractivity contribution is 0.0429. The monoisotopic (exact) mass is 418 g/mol. The van der Waals surface area contributed by atoms with Crippen LogP contribution in [0.3, 0.4) is 0 Å². The molecule has 2 aliphatic rings. The molecule has 4 heterocycles. The van der Waals surface area contributed by atoms with Crippen molar-refractivity contribution in [1.29, 1.82) is 0 Å². The minimum atomic E-state index is -0.490. The topological polar surface area (TPSA) is 77.4 Å². The van der Waals surface area contributed by atoms with E-state index in [9.17, 15) is 4.79 Å². The molecule has 0 amide bonds. The summed E-state index contributed by atoms with van der Waals surface area (Å²) in [6, 6.07) is 4.04. The van der Waals surface area contributed by atoms with E-state index in [1.165, 1.54) is 12.7 Å². The van der Waals surface area contributed by atoms with Crippen LogP contribution in [0, 0.1) is 0 Å². The number of hydrogen-bond acceptors (Lipinski definition) is 7. The van der Waals surface area contributed by atoms with Crippen LogP contribution in [0.5, 0.6) is 5.88 Å². The highest BCUT2D eigenvalue weighted by Crippen LogP contribution is 2.48. The molecule has 136 valence electrons. The van der Waals surface area contributed by atoms with E-state index < -0.39 is 5.97 Å². The van der Waals surface area contributed by atoms with Crippen LogP contribution in [-0.2, 0) is 4.74 Å². The van der Waals surface area contributed by atoms with E-state index in [0.717, 1.165) is 31.8 Å². The molecular weight excluding hydrogens is 400 g/mol. The van der Waals surface area contributed by atoms with Gasteiger partial charge in [-0.25, -0.2) is 19.7 Å². The van der Waals surface area contributed by atoms with Gasteiger partial charge in [-0.3, -0.25) is 0 Å². The quantitative estimate of drug-likeness (QED) is 0.693. The van der Waals surface area contributed by atoms with Gasteiger partial charge in [0.15, 0.2) is 11.5 Å². The van der Waals surface area contributed by atoms with Crippen molar-refractivity contribution >= 4 is 27.7 Å². The summed E-state index contributed by atoms with van der Waals surface area (Å²) >= 11 is 3.26. The summed E-state index contributed by atoms with van der Waals surface area (Å²) in [4.78, 5) is 27.2. The van der Waals surface area contributed by atoms with Crippen LogP contribution in [0.4, 0.5) is 5.82 Å². The Morgan fingerprint density at radius 1 is 1.38 bits per heavy atom. The first kappa shape index (κ1) is 17.2. The number of pyridine rings is 1. The Hall–Kier alpha value is -2.22. The summed E-state index contributed by atoms with van der Waals surface area (Å²) in [5, 5.41) is 0. The average Bonchev–Trinajstić information content (AvgIpc) is 2.94. The second-order valence-electron chi connectivity index (χ2n) is 6.63. The molecule has 1 spiro atoms. The molecule has 2 aliphatic heterocycles. The van der Waals surface area contributed by atoms with E-state index in [1.807, 2.05) is 6.07 Å². The highest BCUT2D eigenvalue weighted by atomic mass is 79.9. The molecule has 8 heteroatoms. The fourth-order valence-corrected chi connectivity index (χ4v) is 4.12. The SMILES string of the molecule is COC(=O)c1nc(Br)cnc1N1CCC2(CC1)Oc1ncccc1[C@H]2C. The molecule has 0 bridgehead atoms. The van der Waals surface area contributed by atoms with Gasteiger partial charge in [0.05, 0.1) is 13.3 Å². The number of carbonyl (C=O) groups excluding carboxylic acids is 1. The normalized spacial score (nSPS) is 20.6. The van der Waals surface area contributed by atoms with Crippen LogP contribution in [0.15, 0.2) is 29.1 Å². The van der Waals surface area contributed by atoms with Crippen molar-refractivity contribution in [1.82, 2.24) is 15.0 Å². The summed E-state index contributed by atoms with van der Waals surface area (Å²) in [7, 11) is 1.35. The van der Waals surface area contributed by atoms with Crippen LogP contribution in [0.25, 0.3) is 0 Å². The second-order valence-corrected chi connectivity index (χ2v) is 7.44. The Balaban J connectivity index is 1.56. The summed E-state index contributed by atoms with van der Waals surface area (Å²) in [6.07, 6.45) is 5.01. The molecule has 2 aromatic heterocycles. The fourth-order valence-electron chi connectivity index (χ4n) is 3.84. The van der Waals surface area contributed by atoms with Gasteiger partial charge in [-0.15, -0.1) is 0 Å². The largest absolute Gasteiger partial charge is 0.470 e. The van der Waals surface area contributed by atoms with Gasteiger partial charge in [-0.2, -0.15) is 0 Å². The number of nitrogens with zero attached hydrogens (tertiary/aromatic N) is 4. The molecule has 0 aromatic carbocycles. The van der Waals surface area contributed by atoms with Crippen molar-refractivity contribution < 1.29 is 14.3 Å². The predicted molar refractivity (Wildman–Crippen MR) is 98.5 cm³/mol. The lowest BCUT2D eigenvalue weighted by atomic mass is 9.79. The van der Waals surface area contributed by atoms with E-state index in [1.54, 1.807) is 12.4 Å². The number of ether oxygens (including phenoxy) is 2. The molecule has 4 rings (SSSR count). The zero-order chi connectivity index (χ0) is 18.3. The molecule has 1 saturated heterocycles. The minimum absolute atomic E-state index is 0.225. The predicted octanol–water partition coefficient (Wildman–Crippen LogP) is 2.96. The molecule has 1 atom stereocenters. The second kappa shape index (κ2) is 6.50. The minimum Gasteiger partial charge on any atom is -0.470 e. The van der Waals surface area contributed by atoms with Crippen molar-refractivity contribution in [2.24, 2.45) is 0 Å². The van der Waals surface area contributed by atoms with E-state index in [-0.39, 0.29) is 17.2 Å². The van der Waals surface area contributed by atoms with Crippen molar-refractivity contribution in [3.8, 4) is 5.88 Å². The van der Waals surface area contributed by atoms with E-state index >= 15 is 0 Å². The van der Waals surface area contributed by atoms with Gasteiger partial charge in [0.1, 0.15) is 10.2 Å². The summed E-state index contributed by atoms with van der Waals surface area (Å²) < 4.78 is 11.6. The highest BCUT2D eigenvalue weighted by Gasteiger charge is 2.48. The van der Waals surface area contributed by atoms with Gasteiger partial charge in [-0.1, -0.05) is 13.0 Å². The molecule has 1 fully saturated rings. The molecule has 0 N–H and O–H groups in total. The average molecular weight is 419 g/mol. The van der Waals surface area contributed by atoms with Crippen LogP contribution in [0.1, 0.15) is 41.7 Å².